The van der Waals surface area contributed by atoms with Gasteiger partial charge < -0.3 is 14.5 Å². The minimum atomic E-state index is -0.305. The molecule has 1 heterocycles. The number of benzene rings is 1. The first-order valence-corrected chi connectivity index (χ1v) is 11.1. The summed E-state index contributed by atoms with van der Waals surface area (Å²) < 4.78 is 18.4. The molecule has 0 aliphatic carbocycles. The zero-order valence-corrected chi connectivity index (χ0v) is 18.8. The number of amides is 2. The normalized spacial score (nSPS) is 10.8. The van der Waals surface area contributed by atoms with Crippen LogP contribution in [0.1, 0.15) is 42.2 Å². The van der Waals surface area contributed by atoms with E-state index in [1.165, 1.54) is 12.1 Å². The molecule has 0 aliphatic heterocycles. The number of halogens is 1. The third-order valence-electron chi connectivity index (χ3n) is 4.86. The highest BCUT2D eigenvalue weighted by atomic mass is 32.1. The second-order valence-corrected chi connectivity index (χ2v) is 8.32. The second-order valence-electron chi connectivity index (χ2n) is 7.31. The van der Waals surface area contributed by atoms with Crippen molar-refractivity contribution in [3.05, 3.63) is 57.5 Å². The number of methoxy groups -OCH3 is 1. The zero-order valence-electron chi connectivity index (χ0n) is 18.0. The number of rotatable bonds is 12. The second kappa shape index (κ2) is 12.4. The Bertz CT molecular complexity index is 807. The Balaban J connectivity index is 2.16. The van der Waals surface area contributed by atoms with Gasteiger partial charge in [0, 0.05) is 38.1 Å². The first kappa shape index (κ1) is 24.0. The summed E-state index contributed by atoms with van der Waals surface area (Å²) >= 11 is 1.61. The summed E-state index contributed by atoms with van der Waals surface area (Å²) in [5.74, 6) is -0.440. The topological polar surface area (TPSA) is 49.9 Å². The molecule has 0 aliphatic rings. The number of ether oxygens (including phenoxy) is 1. The molecule has 0 bridgehead atoms. The highest BCUT2D eigenvalue weighted by Gasteiger charge is 2.22. The third-order valence-corrected chi connectivity index (χ3v) is 5.87. The molecule has 7 heteroatoms. The van der Waals surface area contributed by atoms with E-state index in [1.54, 1.807) is 40.4 Å². The minimum Gasteiger partial charge on any atom is -0.385 e. The summed E-state index contributed by atoms with van der Waals surface area (Å²) in [6.07, 6.45) is 1.84. The van der Waals surface area contributed by atoms with Crippen LogP contribution in [0.5, 0.6) is 0 Å². The van der Waals surface area contributed by atoms with Gasteiger partial charge in [0.05, 0.1) is 13.1 Å². The van der Waals surface area contributed by atoms with Crippen molar-refractivity contribution in [2.75, 3.05) is 26.8 Å². The largest absolute Gasteiger partial charge is 0.385 e. The Morgan fingerprint density at radius 2 is 1.80 bits per heavy atom. The van der Waals surface area contributed by atoms with Gasteiger partial charge in [-0.3, -0.25) is 9.59 Å². The van der Waals surface area contributed by atoms with E-state index in [4.69, 9.17) is 4.74 Å². The molecule has 0 unspecified atom stereocenters. The van der Waals surface area contributed by atoms with Gasteiger partial charge in [-0.2, -0.15) is 0 Å². The smallest absolute Gasteiger partial charge is 0.242 e. The van der Waals surface area contributed by atoms with E-state index in [1.807, 2.05) is 25.3 Å². The van der Waals surface area contributed by atoms with Crippen LogP contribution in [0.25, 0.3) is 0 Å². The van der Waals surface area contributed by atoms with E-state index in [2.05, 4.69) is 0 Å². The molecule has 5 nitrogen and oxygen atoms in total. The standard InChI is InChI=1S/C23H31FN2O3S/c1-4-6-22(27)25(12-5-13-29-3)17-23(28)26(16-21-18(2)11-14-30-21)15-19-7-9-20(24)10-8-19/h7-11,14H,4-6,12-13,15-17H2,1-3H3. The lowest BCUT2D eigenvalue weighted by Gasteiger charge is -2.28. The maximum atomic E-state index is 13.3. The van der Waals surface area contributed by atoms with Crippen LogP contribution in [-0.4, -0.2) is 48.4 Å². The molecule has 2 rings (SSSR count). The molecule has 0 N–H and O–H groups in total. The fraction of sp³-hybridized carbons (Fsp3) is 0.478. The summed E-state index contributed by atoms with van der Waals surface area (Å²) in [5, 5.41) is 2.01. The Kier molecular flexibility index (Phi) is 9.97. The van der Waals surface area contributed by atoms with Crippen molar-refractivity contribution in [2.45, 2.75) is 46.2 Å². The molecule has 2 aromatic rings. The summed E-state index contributed by atoms with van der Waals surface area (Å²) in [7, 11) is 1.62. The van der Waals surface area contributed by atoms with Crippen molar-refractivity contribution in [2.24, 2.45) is 0 Å². The number of carbonyl (C=O) groups excluding carboxylic acids is 2. The van der Waals surface area contributed by atoms with E-state index < -0.39 is 0 Å². The first-order valence-electron chi connectivity index (χ1n) is 10.3. The SMILES string of the molecule is CCCC(=O)N(CCCOC)CC(=O)N(Cc1ccc(F)cc1)Cc1sccc1C. The van der Waals surface area contributed by atoms with E-state index in [-0.39, 0.29) is 24.2 Å². The van der Waals surface area contributed by atoms with Crippen LogP contribution in [0.15, 0.2) is 35.7 Å². The fourth-order valence-electron chi connectivity index (χ4n) is 3.11. The summed E-state index contributed by atoms with van der Waals surface area (Å²) in [6, 6.07) is 8.21. The van der Waals surface area contributed by atoms with Gasteiger partial charge in [-0.15, -0.1) is 11.3 Å². The summed E-state index contributed by atoms with van der Waals surface area (Å²) in [4.78, 5) is 30.3. The van der Waals surface area contributed by atoms with Gasteiger partial charge in [-0.25, -0.2) is 4.39 Å². The predicted molar refractivity (Wildman–Crippen MR) is 118 cm³/mol. The maximum absolute atomic E-state index is 13.3. The van der Waals surface area contributed by atoms with Crippen LogP contribution in [0.2, 0.25) is 0 Å². The van der Waals surface area contributed by atoms with Crippen LogP contribution in [0.3, 0.4) is 0 Å². The van der Waals surface area contributed by atoms with Gasteiger partial charge in [0.1, 0.15) is 5.82 Å². The number of hydrogen-bond donors (Lipinski definition) is 0. The van der Waals surface area contributed by atoms with Gasteiger partial charge in [-0.05, 0) is 54.5 Å². The van der Waals surface area contributed by atoms with E-state index in [0.29, 0.717) is 39.1 Å². The molecule has 1 aromatic carbocycles. The molecular weight excluding hydrogens is 403 g/mol. The van der Waals surface area contributed by atoms with Crippen LogP contribution < -0.4 is 0 Å². The van der Waals surface area contributed by atoms with Crippen LogP contribution in [0, 0.1) is 12.7 Å². The van der Waals surface area contributed by atoms with Crippen molar-refractivity contribution in [1.29, 1.82) is 0 Å². The minimum absolute atomic E-state index is 0.0176. The number of carbonyl (C=O) groups is 2. The average molecular weight is 435 g/mol. The van der Waals surface area contributed by atoms with Crippen molar-refractivity contribution >= 4 is 23.2 Å². The van der Waals surface area contributed by atoms with Crippen molar-refractivity contribution in [3.63, 3.8) is 0 Å². The molecule has 0 fully saturated rings. The van der Waals surface area contributed by atoms with E-state index in [0.717, 1.165) is 22.4 Å². The molecule has 0 spiro atoms. The number of aryl methyl sites for hydroxylation is 1. The van der Waals surface area contributed by atoms with Crippen LogP contribution in [0.4, 0.5) is 4.39 Å². The Morgan fingerprint density at radius 3 is 2.40 bits per heavy atom. The molecule has 164 valence electrons. The monoisotopic (exact) mass is 434 g/mol. The lowest BCUT2D eigenvalue weighted by atomic mass is 10.2. The van der Waals surface area contributed by atoms with Crippen molar-refractivity contribution in [1.82, 2.24) is 9.80 Å². The Morgan fingerprint density at radius 1 is 1.07 bits per heavy atom. The average Bonchev–Trinajstić information content (AvgIpc) is 3.13. The number of hydrogen-bond acceptors (Lipinski definition) is 4. The fourth-order valence-corrected chi connectivity index (χ4v) is 4.03. The molecule has 2 amide bonds. The zero-order chi connectivity index (χ0) is 21.9. The molecule has 30 heavy (non-hydrogen) atoms. The lowest BCUT2D eigenvalue weighted by Crippen LogP contribution is -2.43. The van der Waals surface area contributed by atoms with Crippen molar-refractivity contribution < 1.29 is 18.7 Å². The third kappa shape index (κ3) is 7.54. The highest BCUT2D eigenvalue weighted by Crippen LogP contribution is 2.20. The maximum Gasteiger partial charge on any atom is 0.242 e. The van der Waals surface area contributed by atoms with Gasteiger partial charge in [-0.1, -0.05) is 19.1 Å². The van der Waals surface area contributed by atoms with E-state index in [9.17, 15) is 14.0 Å². The van der Waals surface area contributed by atoms with Gasteiger partial charge in [0.2, 0.25) is 11.8 Å². The summed E-state index contributed by atoms with van der Waals surface area (Å²) in [6.45, 7) is 5.87. The van der Waals surface area contributed by atoms with Crippen LogP contribution in [-0.2, 0) is 27.4 Å². The predicted octanol–water partition coefficient (Wildman–Crippen LogP) is 4.39. The number of nitrogens with zero attached hydrogens (tertiary/aromatic N) is 2. The molecule has 0 atom stereocenters. The van der Waals surface area contributed by atoms with Crippen molar-refractivity contribution in [3.8, 4) is 0 Å². The summed E-state index contributed by atoms with van der Waals surface area (Å²) in [5.41, 5.74) is 1.99. The quantitative estimate of drug-likeness (QED) is 0.466. The first-order chi connectivity index (χ1) is 14.4. The molecule has 0 saturated heterocycles. The number of thiophene rings is 1. The molecular formula is C23H31FN2O3S. The highest BCUT2D eigenvalue weighted by molar-refractivity contribution is 7.10. The van der Waals surface area contributed by atoms with Gasteiger partial charge in [0.15, 0.2) is 0 Å². The lowest BCUT2D eigenvalue weighted by molar-refractivity contribution is -0.141. The molecule has 0 saturated carbocycles. The van der Waals surface area contributed by atoms with E-state index >= 15 is 0 Å². The Labute approximate surface area is 182 Å². The van der Waals surface area contributed by atoms with Gasteiger partial charge >= 0.3 is 0 Å². The van der Waals surface area contributed by atoms with Gasteiger partial charge in [0.25, 0.3) is 0 Å². The Hall–Kier alpha value is -2.25. The molecule has 1 aromatic heterocycles. The molecule has 0 radical (unpaired) electrons. The van der Waals surface area contributed by atoms with Crippen LogP contribution >= 0.6 is 11.3 Å².